The summed E-state index contributed by atoms with van der Waals surface area (Å²) in [5.41, 5.74) is 3.27. The number of thiazole rings is 1. The number of fused-ring (bicyclic) bond motifs is 2. The van der Waals surface area contributed by atoms with Gasteiger partial charge >= 0.3 is 0 Å². The maximum absolute atomic E-state index is 12.7. The number of nitrogens with zero attached hydrogens (tertiary/aromatic N) is 3. The summed E-state index contributed by atoms with van der Waals surface area (Å²) >= 11 is 2.94. The highest BCUT2D eigenvalue weighted by Crippen LogP contribution is 2.48. The number of phenols is 1. The molecule has 0 radical (unpaired) electrons. The molecule has 0 bridgehead atoms. The van der Waals surface area contributed by atoms with Crippen LogP contribution in [0, 0.1) is 6.92 Å². The van der Waals surface area contributed by atoms with E-state index < -0.39 is 0 Å². The lowest BCUT2D eigenvalue weighted by Gasteiger charge is -2.18. The monoisotopic (exact) mass is 498 g/mol. The number of aryl methyl sites for hydroxylation is 1. The number of carbonyl (C=O) groups excluding carboxylic acids is 1. The van der Waals surface area contributed by atoms with Gasteiger partial charge in [0.15, 0.2) is 11.5 Å². The summed E-state index contributed by atoms with van der Waals surface area (Å²) in [6.07, 6.45) is 0. The van der Waals surface area contributed by atoms with E-state index in [2.05, 4.69) is 5.32 Å². The maximum Gasteiger partial charge on any atom is 0.235 e. The van der Waals surface area contributed by atoms with Crippen LogP contribution in [0.4, 0.5) is 5.82 Å². The van der Waals surface area contributed by atoms with E-state index in [4.69, 9.17) is 24.3 Å². The first-order valence-corrected chi connectivity index (χ1v) is 12.2. The number of hydrogen-bond acceptors (Lipinski definition) is 9. The normalized spacial score (nSPS) is 15.5. The number of nitrogens with one attached hydrogen (secondary N) is 1. The highest BCUT2D eigenvalue weighted by atomic mass is 32.2. The van der Waals surface area contributed by atoms with E-state index in [1.807, 2.05) is 25.1 Å². The molecule has 4 aromatic rings. The molecule has 1 amide bonds. The average molecular weight is 499 g/mol. The second-order valence-electron chi connectivity index (χ2n) is 7.60. The maximum atomic E-state index is 12.7. The molecule has 9 nitrogen and oxygen atoms in total. The number of phenolic OH excluding ortho intramolecular Hbond substituents is 1. The third-order valence-electron chi connectivity index (χ3n) is 5.58. The van der Waals surface area contributed by atoms with Crippen molar-refractivity contribution in [2.75, 3.05) is 32.4 Å². The van der Waals surface area contributed by atoms with Crippen molar-refractivity contribution in [3.63, 3.8) is 0 Å². The van der Waals surface area contributed by atoms with Crippen molar-refractivity contribution >= 4 is 45.0 Å². The van der Waals surface area contributed by atoms with Crippen LogP contribution in [0.1, 0.15) is 22.1 Å². The molecule has 11 heteroatoms. The van der Waals surface area contributed by atoms with Crippen molar-refractivity contribution < 1.29 is 24.1 Å². The molecule has 1 aliphatic heterocycles. The number of aromatic nitrogens is 3. The molecule has 2 N–H and O–H groups in total. The number of hydrogen-bond donors (Lipinski definition) is 2. The van der Waals surface area contributed by atoms with Gasteiger partial charge in [0.2, 0.25) is 16.8 Å². The van der Waals surface area contributed by atoms with Crippen LogP contribution in [0.15, 0.2) is 30.3 Å². The van der Waals surface area contributed by atoms with E-state index in [1.54, 1.807) is 23.9 Å². The third kappa shape index (κ3) is 3.70. The van der Waals surface area contributed by atoms with Crippen molar-refractivity contribution in [1.82, 2.24) is 14.8 Å². The lowest BCUT2D eigenvalue weighted by atomic mass is 10.0. The molecule has 0 saturated heterocycles. The Labute approximate surface area is 203 Å². The smallest absolute Gasteiger partial charge is 0.235 e. The van der Waals surface area contributed by atoms with E-state index in [0.717, 1.165) is 32.8 Å². The quantitative estimate of drug-likeness (QED) is 0.419. The summed E-state index contributed by atoms with van der Waals surface area (Å²) in [5.74, 6) is 1.97. The van der Waals surface area contributed by atoms with Gasteiger partial charge in [-0.2, -0.15) is 9.78 Å². The number of rotatable bonds is 5. The van der Waals surface area contributed by atoms with Gasteiger partial charge in [-0.1, -0.05) is 11.3 Å². The summed E-state index contributed by atoms with van der Waals surface area (Å²) in [5, 5.41) is 18.5. The summed E-state index contributed by atoms with van der Waals surface area (Å²) in [6, 6.07) is 9.21. The highest BCUT2D eigenvalue weighted by molar-refractivity contribution is 8.00. The van der Waals surface area contributed by atoms with Crippen LogP contribution in [0.3, 0.4) is 0 Å². The second-order valence-corrected chi connectivity index (χ2v) is 9.71. The Morgan fingerprint density at radius 1 is 1.12 bits per heavy atom. The number of aromatic hydroxyl groups is 1. The molecule has 0 unspecified atom stereocenters. The summed E-state index contributed by atoms with van der Waals surface area (Å²) in [6.45, 7) is 1.91. The lowest BCUT2D eigenvalue weighted by molar-refractivity contribution is -0.113. The fraction of sp³-hybridized carbons (Fsp3) is 0.261. The predicted octanol–water partition coefficient (Wildman–Crippen LogP) is 4.30. The number of methoxy groups -OCH3 is 3. The minimum Gasteiger partial charge on any atom is -0.502 e. The number of ether oxygens (including phenoxy) is 3. The summed E-state index contributed by atoms with van der Waals surface area (Å²) in [7, 11) is 4.60. The fourth-order valence-electron chi connectivity index (χ4n) is 3.96. The minimum absolute atomic E-state index is 0.0703. The molecule has 0 saturated carbocycles. The Morgan fingerprint density at radius 3 is 2.53 bits per heavy atom. The van der Waals surface area contributed by atoms with Gasteiger partial charge in [0.1, 0.15) is 11.6 Å². The number of carbonyl (C=O) groups is 1. The van der Waals surface area contributed by atoms with E-state index in [1.165, 1.54) is 37.3 Å². The van der Waals surface area contributed by atoms with Gasteiger partial charge in [-0.15, -0.1) is 11.8 Å². The zero-order valence-corrected chi connectivity index (χ0v) is 20.5. The van der Waals surface area contributed by atoms with Crippen molar-refractivity contribution in [1.29, 1.82) is 0 Å². The molecule has 2 aromatic heterocycles. The number of benzene rings is 2. The van der Waals surface area contributed by atoms with Crippen molar-refractivity contribution in [2.24, 2.45) is 0 Å². The third-order valence-corrected chi connectivity index (χ3v) is 7.84. The zero-order chi connectivity index (χ0) is 24.0. The molecule has 34 heavy (non-hydrogen) atoms. The van der Waals surface area contributed by atoms with E-state index >= 15 is 0 Å². The van der Waals surface area contributed by atoms with Gasteiger partial charge in [-0.3, -0.25) is 4.79 Å². The van der Waals surface area contributed by atoms with E-state index in [-0.39, 0.29) is 22.7 Å². The molecule has 5 rings (SSSR count). The average Bonchev–Trinajstić information content (AvgIpc) is 3.34. The van der Waals surface area contributed by atoms with Crippen LogP contribution < -0.4 is 19.5 Å². The zero-order valence-electron chi connectivity index (χ0n) is 18.9. The van der Waals surface area contributed by atoms with Gasteiger partial charge in [-0.05, 0) is 42.8 Å². The first-order chi connectivity index (χ1) is 16.4. The summed E-state index contributed by atoms with van der Waals surface area (Å²) < 4.78 is 18.7. The molecule has 176 valence electrons. The Bertz CT molecular complexity index is 1390. The second kappa shape index (κ2) is 8.73. The van der Waals surface area contributed by atoms with Crippen LogP contribution in [-0.4, -0.2) is 52.9 Å². The van der Waals surface area contributed by atoms with Crippen molar-refractivity contribution in [3.05, 3.63) is 47.2 Å². The molecule has 2 aromatic carbocycles. The largest absolute Gasteiger partial charge is 0.502 e. The van der Waals surface area contributed by atoms with Crippen LogP contribution in [0.5, 0.6) is 23.0 Å². The molecule has 1 atom stereocenters. The predicted molar refractivity (Wildman–Crippen MR) is 132 cm³/mol. The first-order valence-electron chi connectivity index (χ1n) is 10.3. The number of amides is 1. The Balaban J connectivity index is 1.67. The number of thioether (sulfide) groups is 1. The first kappa shape index (κ1) is 22.4. The van der Waals surface area contributed by atoms with Gasteiger partial charge in [0, 0.05) is 5.56 Å². The molecular formula is C23H22N4O5S2. The Morgan fingerprint density at radius 2 is 1.85 bits per heavy atom. The topological polar surface area (TPSA) is 108 Å². The van der Waals surface area contributed by atoms with Crippen LogP contribution in [-0.2, 0) is 4.79 Å². The molecular weight excluding hydrogens is 476 g/mol. The lowest BCUT2D eigenvalue weighted by Crippen LogP contribution is -2.15. The van der Waals surface area contributed by atoms with Gasteiger partial charge in [-0.25, -0.2) is 4.98 Å². The van der Waals surface area contributed by atoms with Crippen LogP contribution in [0.25, 0.3) is 15.3 Å². The van der Waals surface area contributed by atoms with Gasteiger partial charge < -0.3 is 24.6 Å². The van der Waals surface area contributed by atoms with E-state index in [9.17, 15) is 9.90 Å². The molecule has 0 aliphatic carbocycles. The molecule has 3 heterocycles. The molecule has 1 aliphatic rings. The van der Waals surface area contributed by atoms with Crippen LogP contribution in [0.2, 0.25) is 0 Å². The van der Waals surface area contributed by atoms with Gasteiger partial charge in [0.05, 0.1) is 48.2 Å². The van der Waals surface area contributed by atoms with Crippen molar-refractivity contribution in [3.8, 4) is 28.1 Å². The van der Waals surface area contributed by atoms with E-state index in [0.29, 0.717) is 22.4 Å². The number of anilines is 1. The Kier molecular flexibility index (Phi) is 5.74. The SMILES string of the molecule is COc1ccc2nc(-n3nc(C)c4c3NC(=O)CS[C@H]4c3cc(OC)c(O)c(OC)c3)sc2c1. The molecule has 0 fully saturated rings. The summed E-state index contributed by atoms with van der Waals surface area (Å²) in [4.78, 5) is 17.4. The highest BCUT2D eigenvalue weighted by Gasteiger charge is 2.32. The Hall–Kier alpha value is -3.44. The molecule has 0 spiro atoms. The van der Waals surface area contributed by atoms with Gasteiger partial charge in [0.25, 0.3) is 0 Å². The van der Waals surface area contributed by atoms with Crippen LogP contribution >= 0.6 is 23.1 Å². The standard InChI is InChI=1S/C23H22N4O5S2/c1-11-19-21(12-7-15(31-3)20(29)16(8-12)32-4)33-10-18(28)25-22(19)27(26-11)23-24-14-6-5-13(30-2)9-17(14)34-23/h5-9,21,29H,10H2,1-4H3,(H,25,28)/t21-/m0/s1. The van der Waals surface area contributed by atoms with Crippen molar-refractivity contribution in [2.45, 2.75) is 12.2 Å². The minimum atomic E-state index is -0.249. The fourth-order valence-corrected chi connectivity index (χ4v) is 6.08.